The van der Waals surface area contributed by atoms with Crippen molar-refractivity contribution < 1.29 is 23.3 Å². The Balaban J connectivity index is 1.75. The van der Waals surface area contributed by atoms with Crippen molar-refractivity contribution in [3.8, 4) is 5.75 Å². The number of aryl methyl sites for hydroxylation is 1. The molecule has 0 bridgehead atoms. The summed E-state index contributed by atoms with van der Waals surface area (Å²) in [5, 5.41) is 3.11. The highest BCUT2D eigenvalue weighted by Gasteiger charge is 2.32. The summed E-state index contributed by atoms with van der Waals surface area (Å²) in [7, 11) is -3.52. The highest BCUT2D eigenvalue weighted by Crippen LogP contribution is 2.44. The standard InChI is InChI=1S/C25H38N5O5P/c1-6-20-10-9-11-21(14-20)35-36(31,29-19(5)25(32-7-2)33-8-3)17-34-18(4)15-30-16-28-23-22(26)12-13-27-24(23)30/h9-14,16,18-19,25H,6-8,15,17H2,1-5H3,(H2,26,27)(H,29,31)/t18-,19+,36?/m1/s1. The molecule has 1 aromatic carbocycles. The summed E-state index contributed by atoms with van der Waals surface area (Å²) in [6.07, 6.45) is 3.12. The molecule has 0 radical (unpaired) electrons. The van der Waals surface area contributed by atoms with Crippen molar-refractivity contribution in [3.05, 3.63) is 48.4 Å². The number of hydrogen-bond donors (Lipinski definition) is 2. The van der Waals surface area contributed by atoms with Crippen LogP contribution in [0.3, 0.4) is 0 Å². The number of nitrogens with two attached hydrogens (primary N) is 1. The molecule has 0 fully saturated rings. The van der Waals surface area contributed by atoms with Gasteiger partial charge >= 0.3 is 7.52 Å². The summed E-state index contributed by atoms with van der Waals surface area (Å²) in [5.41, 5.74) is 8.96. The van der Waals surface area contributed by atoms with Gasteiger partial charge in [0, 0.05) is 19.4 Å². The number of pyridine rings is 1. The lowest BCUT2D eigenvalue weighted by Gasteiger charge is -2.29. The van der Waals surface area contributed by atoms with Crippen LogP contribution in [0.15, 0.2) is 42.9 Å². The summed E-state index contributed by atoms with van der Waals surface area (Å²) in [5.74, 6) is 0.512. The summed E-state index contributed by atoms with van der Waals surface area (Å²) in [6.45, 7) is 11.0. The normalized spacial score (nSPS) is 15.2. The Morgan fingerprint density at radius 3 is 2.53 bits per heavy atom. The van der Waals surface area contributed by atoms with Crippen molar-refractivity contribution in [2.45, 2.75) is 66.0 Å². The number of imidazole rings is 1. The number of nitrogens with one attached hydrogen (secondary N) is 1. The monoisotopic (exact) mass is 519 g/mol. The first kappa shape index (κ1) is 28.1. The van der Waals surface area contributed by atoms with E-state index in [0.717, 1.165) is 12.0 Å². The number of nitrogen functional groups attached to an aromatic ring is 1. The van der Waals surface area contributed by atoms with Gasteiger partial charge < -0.3 is 29.0 Å². The lowest BCUT2D eigenvalue weighted by molar-refractivity contribution is -0.148. The number of aromatic nitrogens is 3. The molecule has 10 nitrogen and oxygen atoms in total. The summed E-state index contributed by atoms with van der Waals surface area (Å²) in [4.78, 5) is 8.72. The third-order valence-corrected chi connectivity index (χ3v) is 7.34. The first-order valence-electron chi connectivity index (χ1n) is 12.3. The molecule has 11 heteroatoms. The Bertz CT molecular complexity index is 1150. The van der Waals surface area contributed by atoms with Crippen LogP contribution < -0.4 is 15.3 Å². The molecule has 3 atom stereocenters. The van der Waals surface area contributed by atoms with Crippen molar-refractivity contribution in [1.29, 1.82) is 0 Å². The van der Waals surface area contributed by atoms with Crippen LogP contribution in [-0.4, -0.2) is 52.5 Å². The van der Waals surface area contributed by atoms with Gasteiger partial charge in [-0.25, -0.2) is 15.1 Å². The summed E-state index contributed by atoms with van der Waals surface area (Å²) < 4.78 is 39.4. The number of anilines is 1. The SMILES string of the molecule is CCOC(OCC)[C@H](C)NP(=O)(CO[C@H](C)Cn1cnc2c(N)ccnc21)Oc1cccc(CC)c1. The number of rotatable bonds is 15. The molecule has 2 aromatic heterocycles. The van der Waals surface area contributed by atoms with Crippen LogP contribution in [0.5, 0.6) is 5.75 Å². The Morgan fingerprint density at radius 2 is 1.83 bits per heavy atom. The molecule has 0 aliphatic carbocycles. The molecule has 198 valence electrons. The molecule has 0 saturated heterocycles. The zero-order valence-corrected chi connectivity index (χ0v) is 22.6. The predicted octanol–water partition coefficient (Wildman–Crippen LogP) is 4.59. The van der Waals surface area contributed by atoms with Gasteiger partial charge in [0.15, 0.2) is 11.9 Å². The largest absolute Gasteiger partial charge is 0.431 e. The van der Waals surface area contributed by atoms with E-state index in [1.807, 2.05) is 50.5 Å². The Labute approximate surface area is 213 Å². The van der Waals surface area contributed by atoms with E-state index in [9.17, 15) is 4.57 Å². The molecule has 0 spiro atoms. The maximum absolute atomic E-state index is 14.1. The van der Waals surface area contributed by atoms with Crippen molar-refractivity contribution >= 4 is 24.4 Å². The van der Waals surface area contributed by atoms with Crippen LogP contribution in [0.2, 0.25) is 0 Å². The summed E-state index contributed by atoms with van der Waals surface area (Å²) >= 11 is 0. The average Bonchev–Trinajstić information content (AvgIpc) is 3.26. The fraction of sp³-hybridized carbons (Fsp3) is 0.520. The van der Waals surface area contributed by atoms with Crippen molar-refractivity contribution in [2.75, 3.05) is 25.3 Å². The molecule has 0 aliphatic rings. The van der Waals surface area contributed by atoms with Crippen LogP contribution in [0.1, 0.15) is 40.2 Å². The van der Waals surface area contributed by atoms with Gasteiger partial charge in [0.1, 0.15) is 17.6 Å². The second-order valence-electron chi connectivity index (χ2n) is 8.54. The van der Waals surface area contributed by atoms with Crippen LogP contribution in [0.4, 0.5) is 5.69 Å². The lowest BCUT2D eigenvalue weighted by Crippen LogP contribution is -2.41. The van der Waals surface area contributed by atoms with Gasteiger partial charge in [-0.2, -0.15) is 0 Å². The van der Waals surface area contributed by atoms with E-state index < -0.39 is 19.9 Å². The van der Waals surface area contributed by atoms with Gasteiger partial charge in [0.25, 0.3) is 0 Å². The van der Waals surface area contributed by atoms with Crippen LogP contribution in [-0.2, 0) is 31.7 Å². The van der Waals surface area contributed by atoms with Crippen LogP contribution >= 0.6 is 7.52 Å². The molecule has 3 N–H and O–H groups in total. The zero-order valence-electron chi connectivity index (χ0n) is 21.7. The molecular formula is C25H38N5O5P. The number of fused-ring (bicyclic) bond motifs is 1. The fourth-order valence-electron chi connectivity index (χ4n) is 3.79. The minimum Gasteiger partial charge on any atom is -0.431 e. The molecular weight excluding hydrogens is 481 g/mol. The Hall–Kier alpha value is -2.49. The van der Waals surface area contributed by atoms with Crippen molar-refractivity contribution in [1.82, 2.24) is 19.6 Å². The maximum Gasteiger partial charge on any atom is 0.342 e. The molecule has 0 aliphatic heterocycles. The number of ether oxygens (including phenoxy) is 3. The summed E-state index contributed by atoms with van der Waals surface area (Å²) in [6, 6.07) is 8.87. The minimum absolute atomic E-state index is 0.151. The molecule has 0 amide bonds. The molecule has 1 unspecified atom stereocenters. The average molecular weight is 520 g/mol. The van der Waals surface area contributed by atoms with Crippen LogP contribution in [0.25, 0.3) is 11.2 Å². The van der Waals surface area contributed by atoms with E-state index in [-0.39, 0.29) is 12.5 Å². The number of benzene rings is 1. The van der Waals surface area contributed by atoms with E-state index in [2.05, 4.69) is 22.0 Å². The Kier molecular flexibility index (Phi) is 10.3. The topological polar surface area (TPSA) is 123 Å². The van der Waals surface area contributed by atoms with Gasteiger partial charge in [0.2, 0.25) is 0 Å². The van der Waals surface area contributed by atoms with E-state index in [0.29, 0.717) is 42.4 Å². The lowest BCUT2D eigenvalue weighted by atomic mass is 10.2. The molecule has 3 aromatic rings. The van der Waals surface area contributed by atoms with Gasteiger partial charge in [-0.3, -0.25) is 4.57 Å². The third-order valence-electron chi connectivity index (χ3n) is 5.55. The first-order chi connectivity index (χ1) is 17.3. The van der Waals surface area contributed by atoms with Gasteiger partial charge in [-0.05, 0) is 57.9 Å². The second-order valence-corrected chi connectivity index (χ2v) is 10.6. The fourth-order valence-corrected chi connectivity index (χ4v) is 5.62. The van der Waals surface area contributed by atoms with Crippen molar-refractivity contribution in [2.24, 2.45) is 0 Å². The number of nitrogens with zero attached hydrogens (tertiary/aromatic N) is 3. The van der Waals surface area contributed by atoms with Crippen LogP contribution in [0, 0.1) is 0 Å². The minimum atomic E-state index is -3.52. The highest BCUT2D eigenvalue weighted by atomic mass is 31.2. The Morgan fingerprint density at radius 1 is 1.08 bits per heavy atom. The predicted molar refractivity (Wildman–Crippen MR) is 141 cm³/mol. The van der Waals surface area contributed by atoms with E-state index in [1.54, 1.807) is 24.7 Å². The van der Waals surface area contributed by atoms with Gasteiger partial charge in [0.05, 0.1) is 30.7 Å². The van der Waals surface area contributed by atoms with Gasteiger partial charge in [-0.15, -0.1) is 0 Å². The maximum atomic E-state index is 14.1. The molecule has 2 heterocycles. The first-order valence-corrected chi connectivity index (χ1v) is 14.1. The second kappa shape index (κ2) is 13.2. The zero-order chi connectivity index (χ0) is 26.1. The van der Waals surface area contributed by atoms with Gasteiger partial charge in [-0.1, -0.05) is 19.1 Å². The number of hydrogen-bond acceptors (Lipinski definition) is 8. The molecule has 36 heavy (non-hydrogen) atoms. The highest BCUT2D eigenvalue weighted by molar-refractivity contribution is 7.57. The third kappa shape index (κ3) is 7.51. The van der Waals surface area contributed by atoms with E-state index in [1.165, 1.54) is 0 Å². The van der Waals surface area contributed by atoms with E-state index >= 15 is 0 Å². The quantitative estimate of drug-likeness (QED) is 0.219. The smallest absolute Gasteiger partial charge is 0.342 e. The molecule has 3 rings (SSSR count). The van der Waals surface area contributed by atoms with E-state index in [4.69, 9.17) is 24.5 Å². The molecule has 0 saturated carbocycles. The van der Waals surface area contributed by atoms with Crippen molar-refractivity contribution in [3.63, 3.8) is 0 Å².